The van der Waals surface area contributed by atoms with Crippen molar-refractivity contribution in [1.29, 1.82) is 2.67 Å². The van der Waals surface area contributed by atoms with E-state index in [0.29, 0.717) is 11.8 Å². The lowest BCUT2D eigenvalue weighted by Crippen LogP contribution is -2.47. The van der Waals surface area contributed by atoms with Gasteiger partial charge in [0, 0.05) is 13.1 Å². The van der Waals surface area contributed by atoms with Gasteiger partial charge in [0.2, 0.25) is 0 Å². The van der Waals surface area contributed by atoms with Crippen molar-refractivity contribution >= 4 is 19.8 Å². The van der Waals surface area contributed by atoms with E-state index in [1.54, 1.807) is 0 Å². The first-order valence-corrected chi connectivity index (χ1v) is 3.53. The molecule has 8 heavy (non-hydrogen) atoms. The molecular weight excluding hydrogens is 121 g/mol. The van der Waals surface area contributed by atoms with Gasteiger partial charge in [-0.3, -0.25) is 0 Å². The molecule has 0 aliphatic carbocycles. The lowest BCUT2D eigenvalue weighted by atomic mass is 10.2. The van der Waals surface area contributed by atoms with Gasteiger partial charge in [-0.25, -0.2) is 0 Å². The Hall–Kier alpha value is 0.335. The molecule has 1 aliphatic rings. The molecule has 0 aromatic heterocycles. The molecule has 0 atom stereocenters. The highest BCUT2D eigenvalue weighted by atomic mass is 32.2. The van der Waals surface area contributed by atoms with E-state index in [0.717, 1.165) is 13.1 Å². The van der Waals surface area contributed by atoms with Gasteiger partial charge in [-0.2, -0.15) is 0 Å². The van der Waals surface area contributed by atoms with Crippen molar-refractivity contribution in [2.45, 2.75) is 6.10 Å². The molecule has 0 aromatic rings. The van der Waals surface area contributed by atoms with Gasteiger partial charge in [-0.05, 0) is 20.4 Å². The number of rotatable bonds is 4. The van der Waals surface area contributed by atoms with Crippen LogP contribution in [0.5, 0.6) is 0 Å². The summed E-state index contributed by atoms with van der Waals surface area (Å²) in [4.78, 5) is 0. The lowest BCUT2D eigenvalue weighted by molar-refractivity contribution is 0.172. The summed E-state index contributed by atoms with van der Waals surface area (Å²) in [6, 6.07) is 0. The summed E-state index contributed by atoms with van der Waals surface area (Å²) in [7, 11) is -0.766. The molecular formula is C4H10BNOS. The van der Waals surface area contributed by atoms with E-state index in [-0.39, 0.29) is 0 Å². The molecule has 0 unspecified atom stereocenters. The quantitative estimate of drug-likeness (QED) is 0.402. The molecule has 0 aromatic carbocycles. The van der Waals surface area contributed by atoms with Crippen LogP contribution in [0, 0.1) is 0 Å². The molecule has 1 rings (SSSR count). The normalized spacial score (nSPS) is 23.5. The van der Waals surface area contributed by atoms with Crippen molar-refractivity contribution in [3.63, 3.8) is 0 Å². The third-order valence-electron chi connectivity index (χ3n) is 1.02. The van der Waals surface area contributed by atoms with E-state index in [2.05, 4.69) is 5.32 Å². The zero-order valence-corrected chi connectivity index (χ0v) is 5.41. The zero-order chi connectivity index (χ0) is 7.40. The fourth-order valence-corrected chi connectivity index (χ4v) is 0.873. The maximum Gasteiger partial charge on any atom is 0.117 e. The Balaban J connectivity index is 1.85. The van der Waals surface area contributed by atoms with Gasteiger partial charge in [0.05, 0.1) is 6.10 Å². The SMILES string of the molecule is [2H]B([3H])CSOC1CNC1. The minimum atomic E-state index is -0.766. The van der Waals surface area contributed by atoms with Crippen molar-refractivity contribution in [2.75, 3.05) is 18.7 Å². The highest BCUT2D eigenvalue weighted by molar-refractivity contribution is 7.95. The molecule has 0 saturated carbocycles. The minimum Gasteiger partial charge on any atom is -0.311 e. The van der Waals surface area contributed by atoms with E-state index >= 15 is 0 Å². The van der Waals surface area contributed by atoms with Crippen LogP contribution in [0.25, 0.3) is 0 Å². The predicted molar refractivity (Wildman–Crippen MR) is 38.7 cm³/mol. The molecule has 1 fully saturated rings. The minimum absolute atomic E-state index is 0.309. The zero-order valence-electron chi connectivity index (χ0n) is 6.59. The standard InChI is InChI=1S/C4H10BNOS/c5-3-8-7-4-1-6-2-4/h4,6H,1-3,5H2/i5TD. The summed E-state index contributed by atoms with van der Waals surface area (Å²) in [6.45, 7) is 1.82. The molecule has 1 saturated heterocycles. The summed E-state index contributed by atoms with van der Waals surface area (Å²) < 4.78 is 18.9. The number of hydrogen-bond acceptors (Lipinski definition) is 3. The van der Waals surface area contributed by atoms with Gasteiger partial charge in [0.1, 0.15) is 7.77 Å². The van der Waals surface area contributed by atoms with E-state index in [4.69, 9.17) is 6.85 Å². The fourth-order valence-electron chi connectivity index (χ4n) is 0.466. The van der Waals surface area contributed by atoms with Crippen LogP contribution in [0.15, 0.2) is 0 Å². The molecule has 1 heterocycles. The van der Waals surface area contributed by atoms with Gasteiger partial charge in [-0.1, -0.05) is 0 Å². The maximum absolute atomic E-state index is 6.85. The second-order valence-electron chi connectivity index (χ2n) is 1.66. The second kappa shape index (κ2) is 3.38. The van der Waals surface area contributed by atoms with Crippen LogP contribution in [0.3, 0.4) is 0 Å². The van der Waals surface area contributed by atoms with Crippen molar-refractivity contribution in [1.82, 2.24) is 5.32 Å². The third-order valence-corrected chi connectivity index (χ3v) is 1.56. The summed E-state index contributed by atoms with van der Waals surface area (Å²) in [5.74, 6) is 0. The van der Waals surface area contributed by atoms with E-state index in [1.807, 2.05) is 0 Å². The van der Waals surface area contributed by atoms with Crippen LogP contribution >= 0.6 is 12.0 Å². The smallest absolute Gasteiger partial charge is 0.117 e. The number of hydrogen-bond donors (Lipinski definition) is 1. The maximum atomic E-state index is 6.85. The molecule has 4 heteroatoms. The topological polar surface area (TPSA) is 21.3 Å². The molecule has 1 N–H and O–H groups in total. The Morgan fingerprint density at radius 1 is 2.25 bits per heavy atom. The highest BCUT2D eigenvalue weighted by Crippen LogP contribution is 2.07. The monoisotopic (exact) mass is 134 g/mol. The Morgan fingerprint density at radius 3 is 3.62 bits per heavy atom. The van der Waals surface area contributed by atoms with Crippen molar-refractivity contribution in [2.24, 2.45) is 0 Å². The average molecular weight is 134 g/mol. The molecule has 0 bridgehead atoms. The third kappa shape index (κ3) is 1.69. The second-order valence-corrected chi connectivity index (χ2v) is 2.42. The van der Waals surface area contributed by atoms with Crippen molar-refractivity contribution in [3.05, 3.63) is 0 Å². The van der Waals surface area contributed by atoms with Gasteiger partial charge in [0.25, 0.3) is 0 Å². The Labute approximate surface area is 57.7 Å². The van der Waals surface area contributed by atoms with Gasteiger partial charge >= 0.3 is 0 Å². The van der Waals surface area contributed by atoms with E-state index in [9.17, 15) is 0 Å². The van der Waals surface area contributed by atoms with Crippen LogP contribution in [-0.4, -0.2) is 35.3 Å². The van der Waals surface area contributed by atoms with Crippen LogP contribution in [0.1, 0.15) is 0 Å². The van der Waals surface area contributed by atoms with Crippen LogP contribution in [0.2, 0.25) is 0 Å². The van der Waals surface area contributed by atoms with Crippen molar-refractivity contribution in [3.8, 4) is 0 Å². The summed E-state index contributed by atoms with van der Waals surface area (Å²) in [5, 5.41) is 3.07. The van der Waals surface area contributed by atoms with Crippen LogP contribution < -0.4 is 5.32 Å². The Bertz CT molecular complexity index is 103. The molecule has 0 amide bonds. The van der Waals surface area contributed by atoms with Crippen LogP contribution in [0.4, 0.5) is 0 Å². The predicted octanol–water partition coefficient (Wildman–Crippen LogP) is -0.786. The Kier molecular flexibility index (Phi) is 1.77. The molecule has 46 valence electrons. The van der Waals surface area contributed by atoms with E-state index in [1.165, 1.54) is 12.0 Å². The summed E-state index contributed by atoms with van der Waals surface area (Å²) in [6.07, 6.45) is 0.309. The molecule has 2 nitrogen and oxygen atoms in total. The fraction of sp³-hybridized carbons (Fsp3) is 1.00. The highest BCUT2D eigenvalue weighted by Gasteiger charge is 2.16. The molecule has 1 aliphatic heterocycles. The van der Waals surface area contributed by atoms with Crippen molar-refractivity contribution < 1.29 is 4.18 Å². The van der Waals surface area contributed by atoms with Crippen LogP contribution in [-0.2, 0) is 4.18 Å². The van der Waals surface area contributed by atoms with Gasteiger partial charge in [-0.15, -0.1) is 0 Å². The largest absolute Gasteiger partial charge is 0.311 e. The first kappa shape index (κ1) is 4.20. The van der Waals surface area contributed by atoms with E-state index < -0.39 is 7.77 Å². The Morgan fingerprint density at radius 2 is 3.12 bits per heavy atom. The van der Waals surface area contributed by atoms with Gasteiger partial charge in [0.15, 0.2) is 0 Å². The van der Waals surface area contributed by atoms with Gasteiger partial charge < -0.3 is 9.50 Å². The molecule has 0 spiro atoms. The summed E-state index contributed by atoms with van der Waals surface area (Å²) >= 11 is 1.23. The number of nitrogens with one attached hydrogen (secondary N) is 1. The lowest BCUT2D eigenvalue weighted by Gasteiger charge is -2.25. The average Bonchev–Trinajstić information content (AvgIpc) is 1.75. The molecule has 0 radical (unpaired) electrons. The summed E-state index contributed by atoms with van der Waals surface area (Å²) in [5.41, 5.74) is 0.441. The first-order chi connectivity index (χ1) is 4.79. The first-order valence-electron chi connectivity index (χ1n) is 3.78.